The van der Waals surface area contributed by atoms with Gasteiger partial charge in [0.15, 0.2) is 0 Å². The Morgan fingerprint density at radius 2 is 1.66 bits per heavy atom. The Balaban J connectivity index is 1.86. The van der Waals surface area contributed by atoms with Crippen LogP contribution < -0.4 is 10.8 Å². The summed E-state index contributed by atoms with van der Waals surface area (Å²) in [6.45, 7) is 1.86. The minimum Gasteiger partial charge on any atom is -0.372 e. The monoisotopic (exact) mass is 462 g/mol. The van der Waals surface area contributed by atoms with Crippen molar-refractivity contribution in [2.45, 2.75) is 49.8 Å². The Morgan fingerprint density at radius 1 is 1.06 bits per heavy atom. The van der Waals surface area contributed by atoms with Gasteiger partial charge in [0.1, 0.15) is 0 Å². The quantitative estimate of drug-likeness (QED) is 0.396. The molecule has 3 atom stereocenters. The van der Waals surface area contributed by atoms with E-state index in [2.05, 4.69) is 10.8 Å². The average Bonchev–Trinajstić information content (AvgIpc) is 2.77. The molecule has 1 saturated heterocycles. The summed E-state index contributed by atoms with van der Waals surface area (Å²) in [7, 11) is 0. The summed E-state index contributed by atoms with van der Waals surface area (Å²) < 4.78 is 85.0. The molecular formula is C22H24F6N2O2. The van der Waals surface area contributed by atoms with E-state index in [1.807, 2.05) is 30.3 Å². The second-order valence-electron chi connectivity index (χ2n) is 7.99. The molecule has 2 aromatic rings. The number of nitrogens with one attached hydrogen (secondary N) is 2. The molecule has 0 bridgehead atoms. The zero-order valence-electron chi connectivity index (χ0n) is 17.2. The van der Waals surface area contributed by atoms with Gasteiger partial charge in [-0.25, -0.2) is 5.48 Å². The van der Waals surface area contributed by atoms with Crippen molar-refractivity contribution in [2.75, 3.05) is 13.2 Å². The minimum absolute atomic E-state index is 0.0218. The second-order valence-corrected chi connectivity index (χ2v) is 7.99. The summed E-state index contributed by atoms with van der Waals surface area (Å²) in [5.41, 5.74) is -0.562. The van der Waals surface area contributed by atoms with Crippen LogP contribution in [0.3, 0.4) is 0 Å². The molecule has 0 unspecified atom stereocenters. The summed E-state index contributed by atoms with van der Waals surface area (Å²) in [6.07, 6.45) is -9.72. The van der Waals surface area contributed by atoms with Crippen LogP contribution in [0.4, 0.5) is 26.3 Å². The lowest BCUT2D eigenvalue weighted by Crippen LogP contribution is -2.56. The van der Waals surface area contributed by atoms with Gasteiger partial charge in [-0.3, -0.25) is 0 Å². The summed E-state index contributed by atoms with van der Waals surface area (Å²) in [6, 6.07) is 10.6. The molecule has 0 amide bonds. The van der Waals surface area contributed by atoms with Crippen LogP contribution in [0.2, 0.25) is 0 Å². The van der Waals surface area contributed by atoms with Crippen molar-refractivity contribution >= 4 is 0 Å². The van der Waals surface area contributed by atoms with Crippen LogP contribution in [-0.2, 0) is 22.6 Å². The third-order valence-electron chi connectivity index (χ3n) is 5.77. The number of hydroxylamine groups is 1. The van der Waals surface area contributed by atoms with E-state index in [9.17, 15) is 31.5 Å². The van der Waals surface area contributed by atoms with Crippen LogP contribution in [0.5, 0.6) is 0 Å². The molecule has 0 aromatic heterocycles. The molecule has 1 heterocycles. The van der Waals surface area contributed by atoms with Crippen LogP contribution in [0.25, 0.3) is 0 Å². The highest BCUT2D eigenvalue weighted by atomic mass is 19.4. The highest BCUT2D eigenvalue weighted by Crippen LogP contribution is 2.39. The van der Waals surface area contributed by atoms with Crippen molar-refractivity contribution in [3.63, 3.8) is 0 Å². The van der Waals surface area contributed by atoms with Crippen LogP contribution in [0, 0.1) is 0 Å². The number of halogens is 6. The largest absolute Gasteiger partial charge is 0.416 e. The van der Waals surface area contributed by atoms with Crippen LogP contribution in [0.15, 0.2) is 48.5 Å². The first-order valence-electron chi connectivity index (χ1n) is 10.1. The van der Waals surface area contributed by atoms with Crippen molar-refractivity contribution in [3.8, 4) is 0 Å². The van der Waals surface area contributed by atoms with Crippen molar-refractivity contribution in [1.82, 2.24) is 10.8 Å². The number of rotatable bonds is 6. The third kappa shape index (κ3) is 5.61. The first kappa shape index (κ1) is 24.5. The molecule has 2 aromatic carbocycles. The van der Waals surface area contributed by atoms with Gasteiger partial charge in [-0.1, -0.05) is 30.3 Å². The fourth-order valence-electron chi connectivity index (χ4n) is 3.83. The fraction of sp³-hybridized carbons (Fsp3) is 0.455. The molecule has 176 valence electrons. The van der Waals surface area contributed by atoms with Crippen LogP contribution in [-0.4, -0.2) is 24.4 Å². The first-order valence-corrected chi connectivity index (χ1v) is 10.1. The highest BCUT2D eigenvalue weighted by molar-refractivity contribution is 5.35. The zero-order valence-corrected chi connectivity index (χ0v) is 17.2. The van der Waals surface area contributed by atoms with Gasteiger partial charge >= 0.3 is 12.4 Å². The lowest BCUT2D eigenvalue weighted by atomic mass is 9.81. The normalized spacial score (nSPS) is 23.2. The Labute approximate surface area is 181 Å². The fourth-order valence-corrected chi connectivity index (χ4v) is 3.83. The molecule has 32 heavy (non-hydrogen) atoms. The van der Waals surface area contributed by atoms with E-state index in [0.29, 0.717) is 31.5 Å². The first-order chi connectivity index (χ1) is 14.9. The van der Waals surface area contributed by atoms with Gasteiger partial charge in [0.2, 0.25) is 0 Å². The zero-order chi connectivity index (χ0) is 23.6. The standard InChI is InChI=1S/C22H24F6N2O2/c1-14(15-9-17(21(23,24)25)11-18(10-15)22(26,27)28)32-13-20(16-5-3-2-4-6-16)8-7-19(30-31)12-29-20/h2-6,9-11,14,19,29-31H,7-8,12-13H2,1H3/t14-,19-,20-/m1/s1. The van der Waals surface area contributed by atoms with E-state index < -0.39 is 35.1 Å². The lowest BCUT2D eigenvalue weighted by molar-refractivity contribution is -0.143. The Bertz CT molecular complexity index is 861. The predicted octanol–water partition coefficient (Wildman–Crippen LogP) is 5.43. The van der Waals surface area contributed by atoms with Crippen molar-refractivity contribution in [1.29, 1.82) is 0 Å². The van der Waals surface area contributed by atoms with E-state index in [-0.39, 0.29) is 24.3 Å². The maximum Gasteiger partial charge on any atom is 0.416 e. The molecule has 4 nitrogen and oxygen atoms in total. The number of alkyl halides is 6. The number of hydrogen-bond acceptors (Lipinski definition) is 4. The van der Waals surface area contributed by atoms with Crippen molar-refractivity contribution < 1.29 is 36.3 Å². The minimum atomic E-state index is -4.92. The molecule has 0 radical (unpaired) electrons. The van der Waals surface area contributed by atoms with Gasteiger partial charge in [-0.15, -0.1) is 0 Å². The topological polar surface area (TPSA) is 53.5 Å². The number of hydrogen-bond donors (Lipinski definition) is 3. The van der Waals surface area contributed by atoms with Crippen LogP contribution in [0.1, 0.15) is 48.1 Å². The Hall–Kier alpha value is -2.14. The van der Waals surface area contributed by atoms with Crippen LogP contribution >= 0.6 is 0 Å². The van der Waals surface area contributed by atoms with Crippen molar-refractivity contribution in [2.24, 2.45) is 0 Å². The molecule has 1 aliphatic rings. The molecule has 10 heteroatoms. The molecule has 0 saturated carbocycles. The van der Waals surface area contributed by atoms with Gasteiger partial charge in [0, 0.05) is 12.6 Å². The van der Waals surface area contributed by atoms with E-state index in [1.54, 1.807) is 0 Å². The lowest BCUT2D eigenvalue weighted by Gasteiger charge is -2.42. The Morgan fingerprint density at radius 3 is 2.12 bits per heavy atom. The number of piperidine rings is 1. The predicted molar refractivity (Wildman–Crippen MR) is 105 cm³/mol. The van der Waals surface area contributed by atoms with Crippen molar-refractivity contribution in [3.05, 3.63) is 70.8 Å². The van der Waals surface area contributed by atoms with Gasteiger partial charge in [-0.05, 0) is 49.1 Å². The molecule has 0 spiro atoms. The van der Waals surface area contributed by atoms with Gasteiger partial charge in [0.05, 0.1) is 29.4 Å². The molecular weight excluding hydrogens is 438 g/mol. The third-order valence-corrected chi connectivity index (χ3v) is 5.77. The van der Waals surface area contributed by atoms with Gasteiger partial charge < -0.3 is 15.3 Å². The number of benzene rings is 2. The molecule has 3 rings (SSSR count). The van der Waals surface area contributed by atoms with E-state index in [0.717, 1.165) is 5.56 Å². The van der Waals surface area contributed by atoms with E-state index in [1.165, 1.54) is 6.92 Å². The number of ether oxygens (including phenoxy) is 1. The molecule has 3 N–H and O–H groups in total. The van der Waals surface area contributed by atoms with E-state index in [4.69, 9.17) is 4.74 Å². The van der Waals surface area contributed by atoms with E-state index >= 15 is 0 Å². The van der Waals surface area contributed by atoms with Gasteiger partial charge in [0.25, 0.3) is 0 Å². The summed E-state index contributed by atoms with van der Waals surface area (Å²) in [5.74, 6) is 0. The maximum absolute atomic E-state index is 13.2. The summed E-state index contributed by atoms with van der Waals surface area (Å²) in [5, 5.41) is 12.5. The van der Waals surface area contributed by atoms with Gasteiger partial charge in [-0.2, -0.15) is 26.3 Å². The second kappa shape index (κ2) is 9.38. The maximum atomic E-state index is 13.2. The highest BCUT2D eigenvalue weighted by Gasteiger charge is 2.39. The average molecular weight is 462 g/mol. The molecule has 1 fully saturated rings. The Kier molecular flexibility index (Phi) is 7.18. The smallest absolute Gasteiger partial charge is 0.372 e. The molecule has 1 aliphatic heterocycles. The summed E-state index contributed by atoms with van der Waals surface area (Å²) in [4.78, 5) is 0. The summed E-state index contributed by atoms with van der Waals surface area (Å²) >= 11 is 0. The SMILES string of the molecule is C[C@@H](OC[C@@]1(c2ccccc2)CC[C@@H](NO)CN1)c1cc(C(F)(F)F)cc(C(F)(F)F)c1. The molecule has 0 aliphatic carbocycles.